The average Bonchev–Trinajstić information content (AvgIpc) is 2.28. The van der Waals surface area contributed by atoms with E-state index in [-0.39, 0.29) is 5.97 Å². The number of carbonyl (C=O) groups is 1. The second kappa shape index (κ2) is 6.66. The van der Waals surface area contributed by atoms with Gasteiger partial charge in [0, 0.05) is 18.2 Å². The third-order valence-corrected chi connectivity index (χ3v) is 2.89. The normalized spacial score (nSPS) is 18.4. The number of carbonyl (C=O) groups excluding carboxylic acids is 1. The lowest BCUT2D eigenvalue weighted by atomic mass is 10.1. The number of likely N-dealkylation sites (tertiary alicyclic amines) is 1. The van der Waals surface area contributed by atoms with E-state index >= 15 is 0 Å². The summed E-state index contributed by atoms with van der Waals surface area (Å²) >= 11 is 0. The molecule has 4 nitrogen and oxygen atoms in total. The van der Waals surface area contributed by atoms with Crippen LogP contribution in [0.15, 0.2) is 12.2 Å². The third kappa shape index (κ3) is 4.33. The van der Waals surface area contributed by atoms with Gasteiger partial charge < -0.3 is 15.0 Å². The molecule has 0 aromatic heterocycles. The summed E-state index contributed by atoms with van der Waals surface area (Å²) in [6.07, 6.45) is 2.26. The second-order valence-electron chi connectivity index (χ2n) is 4.28. The number of hydrogen-bond donors (Lipinski definition) is 1. The molecule has 4 heteroatoms. The van der Waals surface area contributed by atoms with Gasteiger partial charge in [-0.2, -0.15) is 0 Å². The van der Waals surface area contributed by atoms with Gasteiger partial charge in [-0.25, -0.2) is 4.79 Å². The molecule has 0 aliphatic carbocycles. The number of nitrogens with zero attached hydrogens (tertiary/aromatic N) is 1. The quantitative estimate of drug-likeness (QED) is 0.556. The summed E-state index contributed by atoms with van der Waals surface area (Å²) in [5, 5.41) is 3.35. The fourth-order valence-corrected chi connectivity index (χ4v) is 1.79. The van der Waals surface area contributed by atoms with Gasteiger partial charge in [0.2, 0.25) is 0 Å². The van der Waals surface area contributed by atoms with E-state index in [4.69, 9.17) is 4.74 Å². The van der Waals surface area contributed by atoms with Crippen LogP contribution in [0.25, 0.3) is 0 Å². The predicted molar refractivity (Wildman–Crippen MR) is 64.3 cm³/mol. The highest BCUT2D eigenvalue weighted by atomic mass is 16.5. The first kappa shape index (κ1) is 13.2. The topological polar surface area (TPSA) is 41.6 Å². The van der Waals surface area contributed by atoms with Gasteiger partial charge in [0.15, 0.2) is 0 Å². The van der Waals surface area contributed by atoms with E-state index in [2.05, 4.69) is 23.8 Å². The van der Waals surface area contributed by atoms with Gasteiger partial charge in [-0.15, -0.1) is 0 Å². The van der Waals surface area contributed by atoms with Crippen LogP contribution in [0.3, 0.4) is 0 Å². The Bertz CT molecular complexity index is 245. The Labute approximate surface area is 97.6 Å². The Morgan fingerprint density at radius 1 is 1.50 bits per heavy atom. The molecule has 1 fully saturated rings. The molecule has 0 unspecified atom stereocenters. The first-order valence-corrected chi connectivity index (χ1v) is 5.90. The minimum absolute atomic E-state index is 0.289. The van der Waals surface area contributed by atoms with Crippen molar-refractivity contribution in [2.45, 2.75) is 25.8 Å². The molecule has 0 aromatic carbocycles. The molecular formula is C12H22N2O2. The Morgan fingerprint density at radius 3 is 2.69 bits per heavy atom. The first-order chi connectivity index (χ1) is 7.63. The largest absolute Gasteiger partial charge is 0.463 e. The summed E-state index contributed by atoms with van der Waals surface area (Å²) in [5.74, 6) is -0.289. The van der Waals surface area contributed by atoms with Crippen LogP contribution in [0.4, 0.5) is 0 Å². The lowest BCUT2D eigenvalue weighted by Crippen LogP contribution is -2.41. The molecule has 0 radical (unpaired) electrons. The van der Waals surface area contributed by atoms with Gasteiger partial charge in [-0.05, 0) is 39.9 Å². The van der Waals surface area contributed by atoms with Crippen LogP contribution < -0.4 is 5.32 Å². The number of hydrogen-bond acceptors (Lipinski definition) is 4. The van der Waals surface area contributed by atoms with Gasteiger partial charge in [0.1, 0.15) is 0 Å². The van der Waals surface area contributed by atoms with Crippen LogP contribution >= 0.6 is 0 Å². The van der Waals surface area contributed by atoms with Crippen LogP contribution in [-0.2, 0) is 9.53 Å². The molecule has 0 saturated carbocycles. The Balaban J connectivity index is 2.19. The molecule has 0 spiro atoms. The van der Waals surface area contributed by atoms with Crippen molar-refractivity contribution in [3.8, 4) is 0 Å². The monoisotopic (exact) mass is 226 g/mol. The van der Waals surface area contributed by atoms with Gasteiger partial charge >= 0.3 is 5.97 Å². The minimum Gasteiger partial charge on any atom is -0.463 e. The van der Waals surface area contributed by atoms with E-state index in [9.17, 15) is 4.79 Å². The van der Waals surface area contributed by atoms with E-state index in [0.29, 0.717) is 24.8 Å². The van der Waals surface area contributed by atoms with Crippen LogP contribution in [0.1, 0.15) is 19.8 Å². The van der Waals surface area contributed by atoms with E-state index in [0.717, 1.165) is 25.9 Å². The smallest absolute Gasteiger partial charge is 0.334 e. The van der Waals surface area contributed by atoms with Crippen molar-refractivity contribution in [3.63, 3.8) is 0 Å². The predicted octanol–water partition coefficient (Wildman–Crippen LogP) is 0.789. The van der Waals surface area contributed by atoms with E-state index in [1.54, 1.807) is 6.92 Å². The minimum atomic E-state index is -0.289. The Hall–Kier alpha value is -0.870. The van der Waals surface area contributed by atoms with Crippen molar-refractivity contribution >= 4 is 5.97 Å². The summed E-state index contributed by atoms with van der Waals surface area (Å²) in [4.78, 5) is 13.6. The van der Waals surface area contributed by atoms with Gasteiger partial charge in [-0.3, -0.25) is 0 Å². The van der Waals surface area contributed by atoms with Gasteiger partial charge in [0.25, 0.3) is 0 Å². The zero-order valence-electron chi connectivity index (χ0n) is 10.3. The van der Waals surface area contributed by atoms with Crippen LogP contribution in [0.2, 0.25) is 0 Å². The van der Waals surface area contributed by atoms with Crippen LogP contribution in [0.5, 0.6) is 0 Å². The summed E-state index contributed by atoms with van der Waals surface area (Å²) in [7, 11) is 2.13. The molecule has 1 heterocycles. The average molecular weight is 226 g/mol. The van der Waals surface area contributed by atoms with Crippen molar-refractivity contribution in [3.05, 3.63) is 12.2 Å². The molecule has 1 aliphatic heterocycles. The maximum Gasteiger partial charge on any atom is 0.334 e. The standard InChI is InChI=1S/C12H22N2O2/c1-4-16-12(15)10(2)9-13-11-5-7-14(3)8-6-11/h11,13H,2,4-9H2,1,3H3. The molecule has 0 amide bonds. The van der Waals surface area contributed by atoms with Crippen molar-refractivity contribution in [1.82, 2.24) is 10.2 Å². The zero-order valence-corrected chi connectivity index (χ0v) is 10.3. The fourth-order valence-electron chi connectivity index (χ4n) is 1.79. The molecule has 0 aromatic rings. The third-order valence-electron chi connectivity index (χ3n) is 2.89. The molecule has 1 aliphatic rings. The zero-order chi connectivity index (χ0) is 12.0. The molecule has 0 bridgehead atoms. The van der Waals surface area contributed by atoms with E-state index < -0.39 is 0 Å². The summed E-state index contributed by atoms with van der Waals surface area (Å²) in [6.45, 7) is 8.70. The number of esters is 1. The van der Waals surface area contributed by atoms with Gasteiger partial charge in [-0.1, -0.05) is 6.58 Å². The maximum absolute atomic E-state index is 11.3. The van der Waals surface area contributed by atoms with E-state index in [1.807, 2.05) is 0 Å². The van der Waals surface area contributed by atoms with Crippen molar-refractivity contribution in [1.29, 1.82) is 0 Å². The molecule has 1 rings (SSSR count). The number of rotatable bonds is 5. The second-order valence-corrected chi connectivity index (χ2v) is 4.28. The van der Waals surface area contributed by atoms with Crippen LogP contribution in [0, 0.1) is 0 Å². The summed E-state index contributed by atoms with van der Waals surface area (Å²) in [5.41, 5.74) is 0.515. The lowest BCUT2D eigenvalue weighted by molar-refractivity contribution is -0.138. The highest BCUT2D eigenvalue weighted by molar-refractivity contribution is 5.88. The molecule has 1 saturated heterocycles. The first-order valence-electron chi connectivity index (χ1n) is 5.90. The number of piperidine rings is 1. The van der Waals surface area contributed by atoms with E-state index in [1.165, 1.54) is 0 Å². The SMILES string of the molecule is C=C(CNC1CCN(C)CC1)C(=O)OCC. The Morgan fingerprint density at radius 2 is 2.12 bits per heavy atom. The van der Waals surface area contributed by atoms with Gasteiger partial charge in [0.05, 0.1) is 6.61 Å². The van der Waals surface area contributed by atoms with Crippen LogP contribution in [-0.4, -0.2) is 50.2 Å². The highest BCUT2D eigenvalue weighted by Crippen LogP contribution is 2.08. The number of ether oxygens (including phenoxy) is 1. The molecule has 0 atom stereocenters. The van der Waals surface area contributed by atoms with Crippen molar-refractivity contribution < 1.29 is 9.53 Å². The fraction of sp³-hybridized carbons (Fsp3) is 0.750. The highest BCUT2D eigenvalue weighted by Gasteiger charge is 2.17. The lowest BCUT2D eigenvalue weighted by Gasteiger charge is -2.29. The molecule has 16 heavy (non-hydrogen) atoms. The summed E-state index contributed by atoms with van der Waals surface area (Å²) in [6, 6.07) is 0.502. The summed E-state index contributed by atoms with van der Waals surface area (Å²) < 4.78 is 4.87. The van der Waals surface area contributed by atoms with Crippen molar-refractivity contribution in [2.24, 2.45) is 0 Å². The molecule has 92 valence electrons. The maximum atomic E-state index is 11.3. The molecule has 1 N–H and O–H groups in total. The number of nitrogens with one attached hydrogen (secondary N) is 1. The Kier molecular flexibility index (Phi) is 5.49. The molecular weight excluding hydrogens is 204 g/mol. The van der Waals surface area contributed by atoms with Crippen molar-refractivity contribution in [2.75, 3.05) is 33.3 Å².